The molecule has 0 unspecified atom stereocenters. The largest absolute Gasteiger partial charge is 0.336 e. The van der Waals surface area contributed by atoms with Gasteiger partial charge in [0.2, 0.25) is 0 Å². The second-order valence-electron chi connectivity index (χ2n) is 4.07. The number of amides is 2. The summed E-state index contributed by atoms with van der Waals surface area (Å²) in [6, 6.07) is 4.70. The molecule has 0 saturated heterocycles. The quantitative estimate of drug-likeness (QED) is 0.813. The lowest BCUT2D eigenvalue weighted by molar-refractivity contribution is 0.238. The topological polar surface area (TPSA) is 41.1 Å². The van der Waals surface area contributed by atoms with E-state index in [9.17, 15) is 9.18 Å². The summed E-state index contributed by atoms with van der Waals surface area (Å²) < 4.78 is 13.0. The molecular weight excluding hydrogens is 207 g/mol. The van der Waals surface area contributed by atoms with Gasteiger partial charge in [0.05, 0.1) is 0 Å². The molecule has 1 aromatic rings. The molecule has 2 N–H and O–H groups in total. The molecule has 1 rings (SSSR count). The third-order valence-electron chi connectivity index (χ3n) is 2.10. The molecule has 0 bridgehead atoms. The minimum absolute atomic E-state index is 0.106. The number of hydrogen-bond acceptors (Lipinski definition) is 1. The minimum atomic E-state index is -0.226. The summed E-state index contributed by atoms with van der Waals surface area (Å²) in [5.41, 5.74) is 1.47. The van der Waals surface area contributed by atoms with Crippen LogP contribution in [0.15, 0.2) is 18.2 Å². The predicted octanol–water partition coefficient (Wildman–Crippen LogP) is 2.34. The predicted molar refractivity (Wildman–Crippen MR) is 61.6 cm³/mol. The van der Waals surface area contributed by atoms with Crippen molar-refractivity contribution in [3.63, 3.8) is 0 Å². The highest BCUT2D eigenvalue weighted by Gasteiger charge is 2.03. The van der Waals surface area contributed by atoms with Crippen LogP contribution in [0.2, 0.25) is 0 Å². The molecule has 0 saturated carbocycles. The number of benzene rings is 1. The van der Waals surface area contributed by atoms with Gasteiger partial charge >= 0.3 is 6.03 Å². The number of rotatable bonds is 3. The van der Waals surface area contributed by atoms with Crippen molar-refractivity contribution in [2.24, 2.45) is 0 Å². The van der Waals surface area contributed by atoms with Gasteiger partial charge in [0.15, 0.2) is 0 Å². The molecule has 88 valence electrons. The maximum atomic E-state index is 13.0. The Morgan fingerprint density at radius 3 is 2.69 bits per heavy atom. The fourth-order valence-corrected chi connectivity index (χ4v) is 1.31. The summed E-state index contributed by atoms with van der Waals surface area (Å²) in [5.74, 6) is -0.226. The second-order valence-corrected chi connectivity index (χ2v) is 4.07. The lowest BCUT2D eigenvalue weighted by Gasteiger charge is -2.10. The number of hydrogen-bond donors (Lipinski definition) is 2. The van der Waals surface area contributed by atoms with Crippen LogP contribution in [0.5, 0.6) is 0 Å². The highest BCUT2D eigenvalue weighted by Crippen LogP contribution is 2.08. The van der Waals surface area contributed by atoms with Crippen LogP contribution < -0.4 is 10.6 Å². The molecule has 16 heavy (non-hydrogen) atoms. The number of carbonyl (C=O) groups excluding carboxylic acids is 1. The first-order valence-corrected chi connectivity index (χ1v) is 5.28. The van der Waals surface area contributed by atoms with Crippen LogP contribution in [-0.2, 0) is 6.54 Å². The van der Waals surface area contributed by atoms with Gasteiger partial charge in [-0.25, -0.2) is 9.18 Å². The lowest BCUT2D eigenvalue weighted by Crippen LogP contribution is -2.39. The Bertz CT molecular complexity index is 377. The Balaban J connectivity index is 2.48. The van der Waals surface area contributed by atoms with Gasteiger partial charge in [0.1, 0.15) is 5.82 Å². The van der Waals surface area contributed by atoms with Crippen molar-refractivity contribution < 1.29 is 9.18 Å². The summed E-state index contributed by atoms with van der Waals surface area (Å²) in [5, 5.41) is 5.42. The number of halogens is 1. The van der Waals surface area contributed by atoms with Gasteiger partial charge < -0.3 is 10.6 Å². The van der Waals surface area contributed by atoms with E-state index in [1.54, 1.807) is 19.1 Å². The fraction of sp³-hybridized carbons (Fsp3) is 0.417. The number of urea groups is 1. The Morgan fingerprint density at radius 2 is 2.12 bits per heavy atom. The van der Waals surface area contributed by atoms with Crippen molar-refractivity contribution in [3.8, 4) is 0 Å². The maximum Gasteiger partial charge on any atom is 0.315 e. The van der Waals surface area contributed by atoms with E-state index in [0.717, 1.165) is 5.56 Å². The fourth-order valence-electron chi connectivity index (χ4n) is 1.31. The molecule has 0 aliphatic carbocycles. The highest BCUT2D eigenvalue weighted by atomic mass is 19.1. The summed E-state index contributed by atoms with van der Waals surface area (Å²) in [4.78, 5) is 11.3. The summed E-state index contributed by atoms with van der Waals surface area (Å²) in [7, 11) is 0. The van der Waals surface area contributed by atoms with Crippen LogP contribution in [0.4, 0.5) is 9.18 Å². The van der Waals surface area contributed by atoms with Gasteiger partial charge in [-0.3, -0.25) is 0 Å². The van der Waals surface area contributed by atoms with E-state index in [-0.39, 0.29) is 17.9 Å². The zero-order valence-electron chi connectivity index (χ0n) is 9.80. The van der Waals surface area contributed by atoms with Gasteiger partial charge in [0.25, 0.3) is 0 Å². The van der Waals surface area contributed by atoms with Crippen molar-refractivity contribution in [2.75, 3.05) is 0 Å². The van der Waals surface area contributed by atoms with Crippen LogP contribution in [0, 0.1) is 12.7 Å². The Morgan fingerprint density at radius 1 is 1.44 bits per heavy atom. The van der Waals surface area contributed by atoms with Crippen molar-refractivity contribution in [3.05, 3.63) is 35.1 Å². The smallest absolute Gasteiger partial charge is 0.315 e. The Labute approximate surface area is 95.0 Å². The number of nitrogens with one attached hydrogen (secondary N) is 2. The van der Waals surface area contributed by atoms with Gasteiger partial charge in [-0.05, 0) is 38.0 Å². The van der Waals surface area contributed by atoms with E-state index >= 15 is 0 Å². The van der Waals surface area contributed by atoms with E-state index < -0.39 is 0 Å². The van der Waals surface area contributed by atoms with Crippen molar-refractivity contribution in [1.82, 2.24) is 10.6 Å². The first-order chi connectivity index (χ1) is 7.49. The molecule has 0 aromatic heterocycles. The first kappa shape index (κ1) is 12.5. The van der Waals surface area contributed by atoms with E-state index in [1.165, 1.54) is 6.07 Å². The second kappa shape index (κ2) is 5.49. The molecule has 0 radical (unpaired) electrons. The van der Waals surface area contributed by atoms with Crippen LogP contribution in [0.3, 0.4) is 0 Å². The SMILES string of the molecule is Cc1cc(CNC(=O)NC(C)C)ccc1F. The van der Waals surface area contributed by atoms with Gasteiger partial charge in [-0.15, -0.1) is 0 Å². The molecule has 0 aliphatic rings. The summed E-state index contributed by atoms with van der Waals surface area (Å²) >= 11 is 0. The van der Waals surface area contributed by atoms with Crippen LogP contribution >= 0.6 is 0 Å². The third-order valence-corrected chi connectivity index (χ3v) is 2.10. The van der Waals surface area contributed by atoms with Crippen molar-refractivity contribution >= 4 is 6.03 Å². The zero-order valence-corrected chi connectivity index (χ0v) is 9.80. The van der Waals surface area contributed by atoms with E-state index in [1.807, 2.05) is 13.8 Å². The molecule has 0 fully saturated rings. The van der Waals surface area contributed by atoms with Gasteiger partial charge in [-0.1, -0.05) is 12.1 Å². The van der Waals surface area contributed by atoms with Crippen molar-refractivity contribution in [2.45, 2.75) is 33.4 Å². The summed E-state index contributed by atoms with van der Waals surface area (Å²) in [6.45, 7) is 5.88. The van der Waals surface area contributed by atoms with Crippen LogP contribution in [0.1, 0.15) is 25.0 Å². The standard InChI is InChI=1S/C12H17FN2O/c1-8(2)15-12(16)14-7-10-4-5-11(13)9(3)6-10/h4-6,8H,7H2,1-3H3,(H2,14,15,16). The Hall–Kier alpha value is -1.58. The Kier molecular flexibility index (Phi) is 4.28. The normalized spacial score (nSPS) is 10.3. The van der Waals surface area contributed by atoms with Gasteiger partial charge in [-0.2, -0.15) is 0 Å². The molecule has 4 heteroatoms. The van der Waals surface area contributed by atoms with E-state index in [2.05, 4.69) is 10.6 Å². The maximum absolute atomic E-state index is 13.0. The monoisotopic (exact) mass is 224 g/mol. The van der Waals surface area contributed by atoms with Gasteiger partial charge in [0, 0.05) is 12.6 Å². The molecule has 0 atom stereocenters. The van der Waals surface area contributed by atoms with E-state index in [0.29, 0.717) is 12.1 Å². The molecule has 1 aromatic carbocycles. The molecular formula is C12H17FN2O. The van der Waals surface area contributed by atoms with Crippen LogP contribution in [-0.4, -0.2) is 12.1 Å². The zero-order chi connectivity index (χ0) is 12.1. The molecule has 0 heterocycles. The molecule has 0 aliphatic heterocycles. The van der Waals surface area contributed by atoms with Crippen LogP contribution in [0.25, 0.3) is 0 Å². The minimum Gasteiger partial charge on any atom is -0.336 e. The average molecular weight is 224 g/mol. The lowest BCUT2D eigenvalue weighted by atomic mass is 10.1. The number of aryl methyl sites for hydroxylation is 1. The highest BCUT2D eigenvalue weighted by molar-refractivity contribution is 5.74. The van der Waals surface area contributed by atoms with E-state index in [4.69, 9.17) is 0 Å². The molecule has 3 nitrogen and oxygen atoms in total. The number of carbonyl (C=O) groups is 1. The molecule has 2 amide bonds. The molecule has 0 spiro atoms. The average Bonchev–Trinajstić information content (AvgIpc) is 2.19. The first-order valence-electron chi connectivity index (χ1n) is 5.28. The third kappa shape index (κ3) is 3.88. The van der Waals surface area contributed by atoms with Crippen molar-refractivity contribution in [1.29, 1.82) is 0 Å². The summed E-state index contributed by atoms with van der Waals surface area (Å²) in [6.07, 6.45) is 0.